The lowest BCUT2D eigenvalue weighted by Gasteiger charge is -2.08. The summed E-state index contributed by atoms with van der Waals surface area (Å²) in [4.78, 5) is 19.3. The zero-order valence-electron chi connectivity index (χ0n) is 8.32. The second-order valence-electron chi connectivity index (χ2n) is 3.14. The maximum Gasteiger partial charge on any atom is 0.228 e. The summed E-state index contributed by atoms with van der Waals surface area (Å²) < 4.78 is 0. The predicted octanol–water partition coefficient (Wildman–Crippen LogP) is 0.318. The number of carbonyl (C=O) groups is 1. The van der Waals surface area contributed by atoms with Crippen molar-refractivity contribution in [2.45, 2.75) is 13.8 Å². The van der Waals surface area contributed by atoms with E-state index >= 15 is 0 Å². The van der Waals surface area contributed by atoms with Crippen LogP contribution in [0, 0.1) is 12.8 Å². The summed E-state index contributed by atoms with van der Waals surface area (Å²) in [7, 11) is 0. The van der Waals surface area contributed by atoms with E-state index in [9.17, 15) is 4.79 Å². The number of hydrogen-bond donors (Lipinski definition) is 2. The minimum absolute atomic E-state index is 0.111. The highest BCUT2D eigenvalue weighted by Gasteiger charge is 2.10. The zero-order chi connectivity index (χ0) is 10.6. The van der Waals surface area contributed by atoms with Crippen LogP contribution in [0.5, 0.6) is 0 Å². The average Bonchev–Trinajstić information content (AvgIpc) is 2.20. The number of amides is 1. The second kappa shape index (κ2) is 4.66. The second-order valence-corrected chi connectivity index (χ2v) is 3.14. The Labute approximate surface area is 82.7 Å². The van der Waals surface area contributed by atoms with E-state index in [1.165, 1.54) is 0 Å². The third-order valence-electron chi connectivity index (χ3n) is 1.85. The Morgan fingerprint density at radius 1 is 1.57 bits per heavy atom. The molecule has 0 aliphatic carbocycles. The summed E-state index contributed by atoms with van der Waals surface area (Å²) in [5.74, 6) is 0.367. The molecule has 0 radical (unpaired) electrons. The van der Waals surface area contributed by atoms with Crippen LogP contribution < -0.4 is 11.1 Å². The van der Waals surface area contributed by atoms with E-state index in [2.05, 4.69) is 15.3 Å². The van der Waals surface area contributed by atoms with Gasteiger partial charge in [0.25, 0.3) is 0 Å². The van der Waals surface area contributed by atoms with Gasteiger partial charge in [-0.25, -0.2) is 9.97 Å². The van der Waals surface area contributed by atoms with Gasteiger partial charge >= 0.3 is 0 Å². The monoisotopic (exact) mass is 194 g/mol. The summed E-state index contributed by atoms with van der Waals surface area (Å²) in [6.07, 6.45) is 3.15. The molecular weight excluding hydrogens is 180 g/mol. The van der Waals surface area contributed by atoms with E-state index in [1.54, 1.807) is 26.2 Å². The quantitative estimate of drug-likeness (QED) is 0.726. The molecule has 0 bridgehead atoms. The molecule has 0 saturated carbocycles. The summed E-state index contributed by atoms with van der Waals surface area (Å²) in [5, 5.41) is 2.68. The lowest BCUT2D eigenvalue weighted by Crippen LogP contribution is -2.26. The van der Waals surface area contributed by atoms with Crippen molar-refractivity contribution in [1.82, 2.24) is 9.97 Å². The molecule has 1 unspecified atom stereocenters. The first-order valence-corrected chi connectivity index (χ1v) is 4.43. The van der Waals surface area contributed by atoms with Crippen LogP contribution >= 0.6 is 0 Å². The minimum atomic E-state index is -0.198. The molecule has 0 aliphatic rings. The number of hydrogen-bond acceptors (Lipinski definition) is 4. The molecular formula is C9H14N4O. The van der Waals surface area contributed by atoms with E-state index in [0.717, 1.165) is 0 Å². The van der Waals surface area contributed by atoms with Crippen LogP contribution in [0.15, 0.2) is 12.4 Å². The molecule has 1 aromatic heterocycles. The maximum atomic E-state index is 11.4. The minimum Gasteiger partial charge on any atom is -0.330 e. The Kier molecular flexibility index (Phi) is 3.53. The summed E-state index contributed by atoms with van der Waals surface area (Å²) in [5.41, 5.74) is 5.96. The van der Waals surface area contributed by atoms with Gasteiger partial charge < -0.3 is 11.1 Å². The molecule has 76 valence electrons. The van der Waals surface area contributed by atoms with Gasteiger partial charge in [0.2, 0.25) is 5.91 Å². The topological polar surface area (TPSA) is 80.9 Å². The van der Waals surface area contributed by atoms with Gasteiger partial charge in [0.1, 0.15) is 5.82 Å². The molecule has 1 amide bonds. The third-order valence-corrected chi connectivity index (χ3v) is 1.85. The molecule has 0 saturated heterocycles. The Morgan fingerprint density at radius 3 is 2.64 bits per heavy atom. The fourth-order valence-corrected chi connectivity index (χ4v) is 0.830. The van der Waals surface area contributed by atoms with E-state index in [0.29, 0.717) is 18.1 Å². The average molecular weight is 194 g/mol. The van der Waals surface area contributed by atoms with Crippen molar-refractivity contribution in [3.05, 3.63) is 18.2 Å². The molecule has 1 heterocycles. The van der Waals surface area contributed by atoms with Crippen molar-refractivity contribution in [1.29, 1.82) is 0 Å². The summed E-state index contributed by atoms with van der Waals surface area (Å²) >= 11 is 0. The number of anilines is 1. The molecule has 1 atom stereocenters. The van der Waals surface area contributed by atoms with Gasteiger partial charge in [0, 0.05) is 12.5 Å². The smallest absolute Gasteiger partial charge is 0.228 e. The molecule has 1 rings (SSSR count). The van der Waals surface area contributed by atoms with E-state index in [1.807, 2.05) is 0 Å². The van der Waals surface area contributed by atoms with Crippen LogP contribution in [-0.2, 0) is 4.79 Å². The van der Waals surface area contributed by atoms with Gasteiger partial charge in [-0.3, -0.25) is 4.79 Å². The first-order chi connectivity index (χ1) is 6.63. The Morgan fingerprint density at radius 2 is 2.14 bits per heavy atom. The number of carbonyl (C=O) groups excluding carboxylic acids is 1. The molecule has 1 aromatic rings. The van der Waals surface area contributed by atoms with Gasteiger partial charge in [-0.15, -0.1) is 0 Å². The SMILES string of the molecule is Cc1ncc(NC(=O)C(C)CN)cn1. The fourth-order valence-electron chi connectivity index (χ4n) is 0.830. The highest BCUT2D eigenvalue weighted by Crippen LogP contribution is 2.04. The molecule has 5 nitrogen and oxygen atoms in total. The first-order valence-electron chi connectivity index (χ1n) is 4.43. The largest absolute Gasteiger partial charge is 0.330 e. The Balaban J connectivity index is 2.60. The van der Waals surface area contributed by atoms with E-state index in [4.69, 9.17) is 5.73 Å². The number of nitrogens with two attached hydrogens (primary N) is 1. The van der Waals surface area contributed by atoms with Crippen LogP contribution in [-0.4, -0.2) is 22.4 Å². The van der Waals surface area contributed by atoms with Crippen LogP contribution in [0.2, 0.25) is 0 Å². The van der Waals surface area contributed by atoms with E-state index < -0.39 is 0 Å². The molecule has 14 heavy (non-hydrogen) atoms. The number of rotatable bonds is 3. The van der Waals surface area contributed by atoms with Crippen LogP contribution in [0.4, 0.5) is 5.69 Å². The van der Waals surface area contributed by atoms with Crippen molar-refractivity contribution in [2.75, 3.05) is 11.9 Å². The zero-order valence-corrected chi connectivity index (χ0v) is 8.32. The van der Waals surface area contributed by atoms with Crippen molar-refractivity contribution >= 4 is 11.6 Å². The van der Waals surface area contributed by atoms with Gasteiger partial charge in [-0.1, -0.05) is 6.92 Å². The van der Waals surface area contributed by atoms with Crippen molar-refractivity contribution in [3.63, 3.8) is 0 Å². The standard InChI is InChI=1S/C9H14N4O/c1-6(3-10)9(14)13-8-4-11-7(2)12-5-8/h4-6H,3,10H2,1-2H3,(H,13,14). The highest BCUT2D eigenvalue weighted by molar-refractivity contribution is 5.92. The number of nitrogens with zero attached hydrogens (tertiary/aromatic N) is 2. The molecule has 3 N–H and O–H groups in total. The lowest BCUT2D eigenvalue weighted by atomic mass is 10.2. The Bertz CT molecular complexity index is 309. The maximum absolute atomic E-state index is 11.4. The molecule has 0 aromatic carbocycles. The lowest BCUT2D eigenvalue weighted by molar-refractivity contribution is -0.119. The van der Waals surface area contributed by atoms with Crippen LogP contribution in [0.25, 0.3) is 0 Å². The number of aromatic nitrogens is 2. The number of nitrogens with one attached hydrogen (secondary N) is 1. The first kappa shape index (κ1) is 10.6. The van der Waals surface area contributed by atoms with Gasteiger partial charge in [0.15, 0.2) is 0 Å². The van der Waals surface area contributed by atoms with Crippen molar-refractivity contribution in [3.8, 4) is 0 Å². The normalized spacial score (nSPS) is 12.2. The third kappa shape index (κ3) is 2.77. The van der Waals surface area contributed by atoms with Gasteiger partial charge in [0.05, 0.1) is 18.1 Å². The van der Waals surface area contributed by atoms with Crippen molar-refractivity contribution < 1.29 is 4.79 Å². The van der Waals surface area contributed by atoms with Crippen LogP contribution in [0.1, 0.15) is 12.7 Å². The molecule has 5 heteroatoms. The fraction of sp³-hybridized carbons (Fsp3) is 0.444. The summed E-state index contributed by atoms with van der Waals surface area (Å²) in [6.45, 7) is 3.89. The van der Waals surface area contributed by atoms with Gasteiger partial charge in [-0.2, -0.15) is 0 Å². The molecule has 0 spiro atoms. The summed E-state index contributed by atoms with van der Waals surface area (Å²) in [6, 6.07) is 0. The van der Waals surface area contributed by atoms with Crippen LogP contribution in [0.3, 0.4) is 0 Å². The van der Waals surface area contributed by atoms with Crippen molar-refractivity contribution in [2.24, 2.45) is 11.7 Å². The molecule has 0 aliphatic heterocycles. The van der Waals surface area contributed by atoms with E-state index in [-0.39, 0.29) is 11.8 Å². The molecule has 0 fully saturated rings. The highest BCUT2D eigenvalue weighted by atomic mass is 16.1. The Hall–Kier alpha value is -1.49. The number of aryl methyl sites for hydroxylation is 1. The predicted molar refractivity (Wildman–Crippen MR) is 53.6 cm³/mol. The van der Waals surface area contributed by atoms with Gasteiger partial charge in [-0.05, 0) is 6.92 Å².